The molecule has 0 rings (SSSR count). The van der Waals surface area contributed by atoms with E-state index in [0.717, 1.165) is 0 Å². The molecule has 0 aliphatic carbocycles. The SMILES string of the molecule is C=CC(CCCl)C(N)=O. The molecular formula is C6H10ClNO. The zero-order chi connectivity index (χ0) is 7.28. The second-order valence-corrected chi connectivity index (χ2v) is 2.10. The summed E-state index contributed by atoms with van der Waals surface area (Å²) in [5.74, 6) is -0.173. The summed E-state index contributed by atoms with van der Waals surface area (Å²) in [5.41, 5.74) is 4.96. The lowest BCUT2D eigenvalue weighted by molar-refractivity contribution is -0.120. The van der Waals surface area contributed by atoms with Crippen molar-refractivity contribution in [3.8, 4) is 0 Å². The molecule has 2 nitrogen and oxygen atoms in total. The predicted molar refractivity (Wildman–Crippen MR) is 38.2 cm³/mol. The lowest BCUT2D eigenvalue weighted by Crippen LogP contribution is -2.21. The van der Waals surface area contributed by atoms with Crippen molar-refractivity contribution in [1.29, 1.82) is 0 Å². The average molecular weight is 148 g/mol. The van der Waals surface area contributed by atoms with Gasteiger partial charge in [-0.25, -0.2) is 0 Å². The Morgan fingerprint density at radius 1 is 1.89 bits per heavy atom. The fourth-order valence-electron chi connectivity index (χ4n) is 0.494. The first-order chi connectivity index (χ1) is 4.22. The molecule has 52 valence electrons. The fraction of sp³-hybridized carbons (Fsp3) is 0.500. The minimum atomic E-state index is -0.356. The molecule has 0 aromatic heterocycles. The van der Waals surface area contributed by atoms with Crippen molar-refractivity contribution in [3.63, 3.8) is 0 Å². The highest BCUT2D eigenvalue weighted by Gasteiger charge is 2.08. The molecule has 1 amide bonds. The lowest BCUT2D eigenvalue weighted by atomic mass is 10.1. The molecule has 1 atom stereocenters. The van der Waals surface area contributed by atoms with Crippen molar-refractivity contribution in [2.75, 3.05) is 5.88 Å². The molecule has 0 bridgehead atoms. The van der Waals surface area contributed by atoms with Crippen LogP contribution in [0.2, 0.25) is 0 Å². The smallest absolute Gasteiger partial charge is 0.224 e. The van der Waals surface area contributed by atoms with Crippen LogP contribution in [-0.4, -0.2) is 11.8 Å². The number of hydrogen-bond acceptors (Lipinski definition) is 1. The van der Waals surface area contributed by atoms with Gasteiger partial charge >= 0.3 is 0 Å². The number of amides is 1. The van der Waals surface area contributed by atoms with Crippen molar-refractivity contribution in [3.05, 3.63) is 12.7 Å². The molecule has 0 aliphatic heterocycles. The Balaban J connectivity index is 3.68. The van der Waals surface area contributed by atoms with E-state index in [9.17, 15) is 4.79 Å². The summed E-state index contributed by atoms with van der Waals surface area (Å²) < 4.78 is 0. The summed E-state index contributed by atoms with van der Waals surface area (Å²) in [6.45, 7) is 3.44. The van der Waals surface area contributed by atoms with E-state index in [2.05, 4.69) is 6.58 Å². The normalized spacial score (nSPS) is 12.6. The van der Waals surface area contributed by atoms with Gasteiger partial charge < -0.3 is 5.73 Å². The van der Waals surface area contributed by atoms with Crippen molar-refractivity contribution < 1.29 is 4.79 Å². The van der Waals surface area contributed by atoms with Crippen molar-refractivity contribution >= 4 is 17.5 Å². The molecule has 0 spiro atoms. The number of rotatable bonds is 4. The summed E-state index contributed by atoms with van der Waals surface area (Å²) in [4.78, 5) is 10.4. The molecule has 0 saturated heterocycles. The second kappa shape index (κ2) is 4.39. The van der Waals surface area contributed by atoms with E-state index in [1.54, 1.807) is 0 Å². The maximum Gasteiger partial charge on any atom is 0.224 e. The first-order valence-corrected chi connectivity index (χ1v) is 3.23. The Bertz CT molecular complexity index is 114. The van der Waals surface area contributed by atoms with Crippen molar-refractivity contribution in [2.24, 2.45) is 11.7 Å². The van der Waals surface area contributed by atoms with E-state index in [1.807, 2.05) is 0 Å². The van der Waals surface area contributed by atoms with Gasteiger partial charge in [-0.2, -0.15) is 0 Å². The van der Waals surface area contributed by atoms with Gasteiger partial charge in [-0.05, 0) is 6.42 Å². The number of nitrogens with two attached hydrogens (primary N) is 1. The standard InChI is InChI=1S/C6H10ClNO/c1-2-5(3-4-7)6(8)9/h2,5H,1,3-4H2,(H2,8,9). The number of hydrogen-bond donors (Lipinski definition) is 1. The Labute approximate surface area is 59.7 Å². The van der Waals surface area contributed by atoms with Crippen LogP contribution in [-0.2, 0) is 4.79 Å². The summed E-state index contributed by atoms with van der Waals surface area (Å²) in [6.07, 6.45) is 2.10. The molecule has 0 saturated carbocycles. The minimum Gasteiger partial charge on any atom is -0.369 e. The molecule has 2 N–H and O–H groups in total. The lowest BCUT2D eigenvalue weighted by Gasteiger charge is -2.02. The Hall–Kier alpha value is -0.500. The summed E-state index contributed by atoms with van der Waals surface area (Å²) in [5, 5.41) is 0. The largest absolute Gasteiger partial charge is 0.369 e. The third-order valence-corrected chi connectivity index (χ3v) is 1.29. The van der Waals surface area contributed by atoms with Crippen LogP contribution < -0.4 is 5.73 Å². The average Bonchev–Trinajstić information content (AvgIpc) is 1.82. The summed E-state index contributed by atoms with van der Waals surface area (Å²) in [7, 11) is 0. The third-order valence-electron chi connectivity index (χ3n) is 1.07. The number of halogens is 1. The Morgan fingerprint density at radius 3 is 2.56 bits per heavy atom. The molecule has 0 fully saturated rings. The van der Waals surface area contributed by atoms with Crippen LogP contribution >= 0.6 is 11.6 Å². The third kappa shape index (κ3) is 3.14. The van der Waals surface area contributed by atoms with Crippen LogP contribution in [0, 0.1) is 5.92 Å². The topological polar surface area (TPSA) is 43.1 Å². The molecule has 1 unspecified atom stereocenters. The molecule has 9 heavy (non-hydrogen) atoms. The summed E-state index contributed by atoms with van der Waals surface area (Å²) in [6, 6.07) is 0. The van der Waals surface area contributed by atoms with Gasteiger partial charge in [-0.1, -0.05) is 6.08 Å². The molecule has 0 aromatic rings. The van der Waals surface area contributed by atoms with E-state index in [0.29, 0.717) is 12.3 Å². The molecule has 0 heterocycles. The zero-order valence-electron chi connectivity index (χ0n) is 5.14. The number of primary amides is 1. The zero-order valence-corrected chi connectivity index (χ0v) is 5.90. The van der Waals surface area contributed by atoms with Crippen LogP contribution in [0.15, 0.2) is 12.7 Å². The van der Waals surface area contributed by atoms with Crippen molar-refractivity contribution in [1.82, 2.24) is 0 Å². The van der Waals surface area contributed by atoms with E-state index < -0.39 is 0 Å². The van der Waals surface area contributed by atoms with Gasteiger partial charge in [0.25, 0.3) is 0 Å². The van der Waals surface area contributed by atoms with Gasteiger partial charge in [-0.15, -0.1) is 18.2 Å². The highest BCUT2D eigenvalue weighted by atomic mass is 35.5. The van der Waals surface area contributed by atoms with Crippen LogP contribution in [0.5, 0.6) is 0 Å². The van der Waals surface area contributed by atoms with Crippen LogP contribution in [0.1, 0.15) is 6.42 Å². The monoisotopic (exact) mass is 147 g/mol. The highest BCUT2D eigenvalue weighted by Crippen LogP contribution is 2.03. The van der Waals surface area contributed by atoms with Crippen LogP contribution in [0.25, 0.3) is 0 Å². The highest BCUT2D eigenvalue weighted by molar-refractivity contribution is 6.18. The predicted octanol–water partition coefficient (Wildman–Crippen LogP) is 0.903. The molecular weight excluding hydrogens is 138 g/mol. The number of carbonyl (C=O) groups excluding carboxylic acids is 1. The first kappa shape index (κ1) is 8.50. The van der Waals surface area contributed by atoms with Gasteiger partial charge in [0, 0.05) is 5.88 Å². The van der Waals surface area contributed by atoms with E-state index >= 15 is 0 Å². The Morgan fingerprint density at radius 2 is 2.44 bits per heavy atom. The molecule has 0 aromatic carbocycles. The quantitative estimate of drug-likeness (QED) is 0.466. The van der Waals surface area contributed by atoms with Crippen molar-refractivity contribution in [2.45, 2.75) is 6.42 Å². The van der Waals surface area contributed by atoms with Crippen LogP contribution in [0.3, 0.4) is 0 Å². The first-order valence-electron chi connectivity index (χ1n) is 2.70. The summed E-state index contributed by atoms with van der Waals surface area (Å²) >= 11 is 5.36. The van der Waals surface area contributed by atoms with Gasteiger partial charge in [0.2, 0.25) is 5.91 Å². The molecule has 0 radical (unpaired) electrons. The second-order valence-electron chi connectivity index (χ2n) is 1.72. The minimum absolute atomic E-state index is 0.262. The number of carbonyl (C=O) groups is 1. The van der Waals surface area contributed by atoms with Gasteiger partial charge in [0.15, 0.2) is 0 Å². The maximum atomic E-state index is 10.4. The van der Waals surface area contributed by atoms with E-state index in [1.165, 1.54) is 6.08 Å². The Kier molecular flexibility index (Phi) is 4.14. The number of alkyl halides is 1. The van der Waals surface area contributed by atoms with Crippen LogP contribution in [0.4, 0.5) is 0 Å². The molecule has 0 aliphatic rings. The van der Waals surface area contributed by atoms with E-state index in [-0.39, 0.29) is 11.8 Å². The fourth-order valence-corrected chi connectivity index (χ4v) is 0.729. The molecule has 3 heteroatoms. The van der Waals surface area contributed by atoms with E-state index in [4.69, 9.17) is 17.3 Å². The van der Waals surface area contributed by atoms with Gasteiger partial charge in [-0.3, -0.25) is 4.79 Å². The maximum absolute atomic E-state index is 10.4. The van der Waals surface area contributed by atoms with Gasteiger partial charge in [0.1, 0.15) is 0 Å². The van der Waals surface area contributed by atoms with Gasteiger partial charge in [0.05, 0.1) is 5.92 Å².